The molecule has 5 amide bonds. The number of piperazine rings is 1. The van der Waals surface area contributed by atoms with E-state index in [1.807, 2.05) is 11.0 Å². The van der Waals surface area contributed by atoms with Gasteiger partial charge in [0.25, 0.3) is 0 Å². The summed E-state index contributed by atoms with van der Waals surface area (Å²) in [5, 5.41) is 0. The Balaban J connectivity index is 1.89. The maximum absolute atomic E-state index is 13.5. The molecule has 9 nitrogen and oxygen atoms in total. The number of imide groups is 2. The molecule has 1 spiro atoms. The normalized spacial score (nSPS) is 23.4. The smallest absolute Gasteiger partial charge is 0.332 e. The molecular weight excluding hydrogens is 374 g/mol. The number of hydrogen-bond donors (Lipinski definition) is 1. The lowest BCUT2D eigenvalue weighted by atomic mass is 9.67. The number of benzene rings is 1. The van der Waals surface area contributed by atoms with Crippen molar-refractivity contribution in [3.63, 3.8) is 0 Å². The lowest BCUT2D eigenvalue weighted by Gasteiger charge is -2.56. The monoisotopic (exact) mass is 399 g/mol. The van der Waals surface area contributed by atoms with Gasteiger partial charge >= 0.3 is 6.03 Å². The molecule has 2 N–H and O–H groups in total. The number of rotatable bonds is 1. The first-order valence-electron chi connectivity index (χ1n) is 9.75. The summed E-state index contributed by atoms with van der Waals surface area (Å²) in [6.07, 6.45) is 0.495. The molecule has 0 bridgehead atoms. The molecule has 29 heavy (non-hydrogen) atoms. The van der Waals surface area contributed by atoms with Crippen LogP contribution in [-0.2, 0) is 20.8 Å². The van der Waals surface area contributed by atoms with E-state index < -0.39 is 29.3 Å². The summed E-state index contributed by atoms with van der Waals surface area (Å²) >= 11 is 0. The minimum Gasteiger partial charge on any atom is -0.399 e. The number of nitrogens with two attached hydrogens (primary N) is 1. The number of amides is 5. The number of barbiturate groups is 1. The highest BCUT2D eigenvalue weighted by molar-refractivity contribution is 6.20. The van der Waals surface area contributed by atoms with E-state index in [2.05, 4.69) is 0 Å². The fraction of sp³-hybridized carbons (Fsp3) is 0.500. The summed E-state index contributed by atoms with van der Waals surface area (Å²) < 4.78 is 0. The topological polar surface area (TPSA) is 107 Å². The second kappa shape index (κ2) is 6.47. The molecule has 154 valence electrons. The van der Waals surface area contributed by atoms with Crippen molar-refractivity contribution in [1.29, 1.82) is 0 Å². The predicted octanol–water partition coefficient (Wildman–Crippen LogP) is 0.289. The van der Waals surface area contributed by atoms with Gasteiger partial charge in [0.1, 0.15) is 0 Å². The zero-order valence-electron chi connectivity index (χ0n) is 16.8. The molecule has 0 unspecified atom stereocenters. The van der Waals surface area contributed by atoms with Crippen molar-refractivity contribution >= 4 is 35.1 Å². The Labute approximate surface area is 169 Å². The maximum atomic E-state index is 13.5. The lowest BCUT2D eigenvalue weighted by Crippen LogP contribution is -2.75. The molecule has 0 radical (unpaired) electrons. The SMILES string of the molecule is CCC(=O)N1CCN2c3ccc(N)cc3CC3(C(=O)N(C)C(=O)N(C)C3=O)[C@H]2C1. The van der Waals surface area contributed by atoms with Crippen LogP contribution < -0.4 is 10.6 Å². The Hall–Kier alpha value is -3.10. The van der Waals surface area contributed by atoms with Gasteiger partial charge in [0, 0.05) is 51.5 Å². The van der Waals surface area contributed by atoms with E-state index >= 15 is 0 Å². The molecule has 1 aromatic carbocycles. The number of carbonyl (C=O) groups excluding carboxylic acids is 4. The first-order valence-corrected chi connectivity index (χ1v) is 9.75. The molecule has 1 atom stereocenters. The van der Waals surface area contributed by atoms with Gasteiger partial charge < -0.3 is 15.5 Å². The second-order valence-electron chi connectivity index (χ2n) is 7.95. The number of nitrogens with zero attached hydrogens (tertiary/aromatic N) is 4. The van der Waals surface area contributed by atoms with Gasteiger partial charge in [-0.2, -0.15) is 0 Å². The largest absolute Gasteiger partial charge is 0.399 e. The van der Waals surface area contributed by atoms with Crippen molar-refractivity contribution in [2.45, 2.75) is 25.8 Å². The van der Waals surface area contributed by atoms with Crippen molar-refractivity contribution in [2.24, 2.45) is 5.41 Å². The van der Waals surface area contributed by atoms with Crippen LogP contribution in [0.25, 0.3) is 0 Å². The Bertz CT molecular complexity index is 905. The van der Waals surface area contributed by atoms with Gasteiger partial charge in [-0.3, -0.25) is 24.2 Å². The molecule has 0 aliphatic carbocycles. The molecule has 2 fully saturated rings. The van der Waals surface area contributed by atoms with E-state index in [4.69, 9.17) is 5.73 Å². The highest BCUT2D eigenvalue weighted by Crippen LogP contribution is 2.47. The summed E-state index contributed by atoms with van der Waals surface area (Å²) in [5.74, 6) is -1.07. The standard InChI is InChI=1S/C20H25N5O4/c1-4-16(26)24-7-8-25-14-6-5-13(21)9-12(14)10-20(15(25)11-24)17(27)22(2)19(29)23(3)18(20)28/h5-6,9,15H,4,7-8,10-11,21H2,1-3H3/t15-/m1/s1. The Morgan fingerprint density at radius 1 is 1.14 bits per heavy atom. The first-order chi connectivity index (χ1) is 13.7. The molecular formula is C20H25N5O4. The van der Waals surface area contributed by atoms with Crippen LogP contribution in [0.15, 0.2) is 18.2 Å². The number of hydrogen-bond acceptors (Lipinski definition) is 6. The molecule has 2 saturated heterocycles. The van der Waals surface area contributed by atoms with E-state index in [0.29, 0.717) is 25.2 Å². The Kier molecular flexibility index (Phi) is 4.29. The van der Waals surface area contributed by atoms with E-state index in [1.165, 1.54) is 14.1 Å². The van der Waals surface area contributed by atoms with Gasteiger partial charge in [0.2, 0.25) is 17.7 Å². The molecule has 1 aromatic rings. The Morgan fingerprint density at radius 2 is 1.79 bits per heavy atom. The summed E-state index contributed by atoms with van der Waals surface area (Å²) in [6, 6.07) is 4.28. The van der Waals surface area contributed by atoms with Crippen LogP contribution >= 0.6 is 0 Å². The van der Waals surface area contributed by atoms with Crippen molar-refractivity contribution < 1.29 is 19.2 Å². The first kappa shape index (κ1) is 19.2. The van der Waals surface area contributed by atoms with E-state index in [1.54, 1.807) is 24.0 Å². The molecule has 0 aromatic heterocycles. The van der Waals surface area contributed by atoms with E-state index in [0.717, 1.165) is 21.1 Å². The van der Waals surface area contributed by atoms with Gasteiger partial charge in [-0.05, 0) is 30.2 Å². The molecule has 3 aliphatic heterocycles. The fourth-order valence-electron chi connectivity index (χ4n) is 4.91. The van der Waals surface area contributed by atoms with Crippen LogP contribution in [0.4, 0.5) is 16.2 Å². The van der Waals surface area contributed by atoms with Crippen molar-refractivity contribution in [3.05, 3.63) is 23.8 Å². The zero-order valence-corrected chi connectivity index (χ0v) is 16.8. The van der Waals surface area contributed by atoms with E-state index in [-0.39, 0.29) is 18.9 Å². The molecule has 3 aliphatic rings. The van der Waals surface area contributed by atoms with Crippen LogP contribution in [-0.4, -0.2) is 78.2 Å². The molecule has 4 rings (SSSR count). The molecule has 0 saturated carbocycles. The van der Waals surface area contributed by atoms with Crippen LogP contribution in [0.3, 0.4) is 0 Å². The predicted molar refractivity (Wildman–Crippen MR) is 106 cm³/mol. The van der Waals surface area contributed by atoms with Gasteiger partial charge in [0.05, 0.1) is 6.04 Å². The number of anilines is 2. The van der Waals surface area contributed by atoms with E-state index in [9.17, 15) is 19.2 Å². The van der Waals surface area contributed by atoms with Crippen LogP contribution in [0.2, 0.25) is 0 Å². The third-order valence-corrected chi connectivity index (χ3v) is 6.43. The average Bonchev–Trinajstić information content (AvgIpc) is 2.73. The second-order valence-corrected chi connectivity index (χ2v) is 7.95. The van der Waals surface area contributed by atoms with Crippen molar-refractivity contribution in [2.75, 3.05) is 44.4 Å². The summed E-state index contributed by atoms with van der Waals surface area (Å²) in [7, 11) is 2.79. The minimum absolute atomic E-state index is 0.0172. The number of fused-ring (bicyclic) bond motifs is 4. The molecule has 3 heterocycles. The number of carbonyl (C=O) groups is 4. The third kappa shape index (κ3) is 2.53. The van der Waals surface area contributed by atoms with Crippen LogP contribution in [0.5, 0.6) is 0 Å². The van der Waals surface area contributed by atoms with Gasteiger partial charge in [0.15, 0.2) is 5.41 Å². The van der Waals surface area contributed by atoms with Crippen LogP contribution in [0, 0.1) is 5.41 Å². The average molecular weight is 399 g/mol. The maximum Gasteiger partial charge on any atom is 0.332 e. The van der Waals surface area contributed by atoms with Gasteiger partial charge in [-0.15, -0.1) is 0 Å². The summed E-state index contributed by atoms with van der Waals surface area (Å²) in [5.41, 5.74) is 6.76. The molecule has 9 heteroatoms. The third-order valence-electron chi connectivity index (χ3n) is 6.43. The summed E-state index contributed by atoms with van der Waals surface area (Å²) in [6.45, 7) is 3.05. The van der Waals surface area contributed by atoms with Crippen LogP contribution in [0.1, 0.15) is 18.9 Å². The number of nitrogen functional groups attached to an aromatic ring is 1. The Morgan fingerprint density at radius 3 is 2.41 bits per heavy atom. The minimum atomic E-state index is -1.48. The highest BCUT2D eigenvalue weighted by Gasteiger charge is 2.64. The fourth-order valence-corrected chi connectivity index (χ4v) is 4.91. The summed E-state index contributed by atoms with van der Waals surface area (Å²) in [4.78, 5) is 57.4. The van der Waals surface area contributed by atoms with Crippen molar-refractivity contribution in [3.8, 4) is 0 Å². The van der Waals surface area contributed by atoms with Gasteiger partial charge in [-0.1, -0.05) is 6.92 Å². The van der Waals surface area contributed by atoms with Crippen molar-refractivity contribution in [1.82, 2.24) is 14.7 Å². The number of urea groups is 1. The lowest BCUT2D eigenvalue weighted by molar-refractivity contribution is -0.161. The zero-order chi connectivity index (χ0) is 21.1. The quantitative estimate of drug-likeness (QED) is 0.537. The highest BCUT2D eigenvalue weighted by atomic mass is 16.2. The van der Waals surface area contributed by atoms with Gasteiger partial charge in [-0.25, -0.2) is 4.79 Å².